The van der Waals surface area contributed by atoms with E-state index in [1.807, 2.05) is 4.57 Å². The van der Waals surface area contributed by atoms with Gasteiger partial charge in [0.2, 0.25) is 0 Å². The van der Waals surface area contributed by atoms with Crippen molar-refractivity contribution in [2.45, 2.75) is 50.7 Å². The van der Waals surface area contributed by atoms with E-state index in [1.54, 1.807) is 6.20 Å². The molecule has 0 saturated heterocycles. The van der Waals surface area contributed by atoms with Gasteiger partial charge in [-0.25, -0.2) is 0 Å². The molecule has 4 fully saturated rings. The summed E-state index contributed by atoms with van der Waals surface area (Å²) in [5.74, 6) is 5.49. The molecule has 2 aromatic rings. The molecule has 5 nitrogen and oxygen atoms in total. The molecule has 28 heavy (non-hydrogen) atoms. The minimum atomic E-state index is -0.270. The van der Waals surface area contributed by atoms with E-state index < -0.39 is 0 Å². The molecule has 4 bridgehead atoms. The molecule has 4 saturated carbocycles. The fraction of sp³-hybridized carbons (Fsp3) is 0.565. The third kappa shape index (κ3) is 2.83. The molecular weight excluding hydrogens is 352 g/mol. The lowest BCUT2D eigenvalue weighted by Gasteiger charge is -2.54. The number of aromatic nitrogens is 2. The molecule has 0 radical (unpaired) electrons. The first-order chi connectivity index (χ1) is 13.7. The Morgan fingerprint density at radius 2 is 1.71 bits per heavy atom. The van der Waals surface area contributed by atoms with Gasteiger partial charge in [0.1, 0.15) is 12.4 Å². The maximum Gasteiger partial charge on any atom is 0.300 e. The fourth-order valence-electron chi connectivity index (χ4n) is 6.58. The van der Waals surface area contributed by atoms with Crippen LogP contribution >= 0.6 is 0 Å². The highest BCUT2D eigenvalue weighted by molar-refractivity contribution is 5.31. The first-order valence-electron chi connectivity index (χ1n) is 10.7. The van der Waals surface area contributed by atoms with Crippen molar-refractivity contribution in [1.82, 2.24) is 9.55 Å². The van der Waals surface area contributed by atoms with Gasteiger partial charge in [0.25, 0.3) is 11.6 Å². The minimum absolute atomic E-state index is 0.113. The van der Waals surface area contributed by atoms with Crippen LogP contribution in [0.15, 0.2) is 41.3 Å². The van der Waals surface area contributed by atoms with Gasteiger partial charge in [0.05, 0.1) is 6.54 Å². The number of nitrogens with zero attached hydrogens (tertiary/aromatic N) is 2. The molecule has 5 aliphatic rings. The molecule has 1 atom stereocenters. The summed E-state index contributed by atoms with van der Waals surface area (Å²) in [6.45, 7) is 1.11. The molecule has 1 aromatic carbocycles. The van der Waals surface area contributed by atoms with Gasteiger partial charge in [0.15, 0.2) is 6.10 Å². The third-order valence-electron chi connectivity index (χ3n) is 7.45. The molecule has 2 heterocycles. The zero-order valence-electron chi connectivity index (χ0n) is 16.0. The Labute approximate surface area is 164 Å². The minimum Gasteiger partial charge on any atom is -0.490 e. The van der Waals surface area contributed by atoms with E-state index in [0.29, 0.717) is 19.2 Å². The zero-order chi connectivity index (χ0) is 18.7. The van der Waals surface area contributed by atoms with Crippen LogP contribution in [0.25, 0.3) is 0 Å². The van der Waals surface area contributed by atoms with Crippen molar-refractivity contribution in [2.75, 3.05) is 6.61 Å². The number of hydrogen-bond acceptors (Lipinski definition) is 4. The average molecular weight is 378 g/mol. The first-order valence-corrected chi connectivity index (χ1v) is 10.7. The van der Waals surface area contributed by atoms with E-state index in [2.05, 4.69) is 29.2 Å². The van der Waals surface area contributed by atoms with Crippen molar-refractivity contribution in [2.24, 2.45) is 23.7 Å². The first kappa shape index (κ1) is 16.6. The molecule has 1 aliphatic heterocycles. The predicted molar refractivity (Wildman–Crippen MR) is 105 cm³/mol. The van der Waals surface area contributed by atoms with E-state index in [0.717, 1.165) is 35.3 Å². The number of benzene rings is 1. The summed E-state index contributed by atoms with van der Waals surface area (Å²) in [7, 11) is 0. The quantitative estimate of drug-likeness (QED) is 0.815. The van der Waals surface area contributed by atoms with Crippen LogP contribution < -0.4 is 15.0 Å². The number of hydrogen-bond donors (Lipinski definition) is 0. The lowest BCUT2D eigenvalue weighted by molar-refractivity contribution is -0.00279. The maximum atomic E-state index is 11.3. The largest absolute Gasteiger partial charge is 0.490 e. The SMILES string of the molecule is O=c1ccn2c(n1)OC(COc1ccc(C3C4CC5CC(C4)CC3C5)cc1)C2. The summed E-state index contributed by atoms with van der Waals surface area (Å²) < 4.78 is 13.5. The Kier molecular flexibility index (Phi) is 3.78. The standard InChI is InChI=1S/C23H26N2O3/c26-21-5-6-25-12-20(28-23(25)24-21)13-27-19-3-1-16(2-4-19)22-17-8-14-7-15(10-17)11-18(22)9-14/h1-6,14-15,17-18,20,22H,7-13H2. The summed E-state index contributed by atoms with van der Waals surface area (Å²) in [6, 6.07) is 10.6. The van der Waals surface area contributed by atoms with Crippen molar-refractivity contribution >= 4 is 0 Å². The van der Waals surface area contributed by atoms with Crippen molar-refractivity contribution in [3.8, 4) is 11.8 Å². The Hall–Kier alpha value is -2.30. The van der Waals surface area contributed by atoms with E-state index in [1.165, 1.54) is 43.7 Å². The molecule has 146 valence electrons. The monoisotopic (exact) mass is 378 g/mol. The highest BCUT2D eigenvalue weighted by atomic mass is 16.6. The lowest BCUT2D eigenvalue weighted by Crippen LogP contribution is -2.43. The van der Waals surface area contributed by atoms with Gasteiger partial charge in [-0.2, -0.15) is 4.98 Å². The second-order valence-corrected chi connectivity index (χ2v) is 9.28. The van der Waals surface area contributed by atoms with Crippen LogP contribution in [0.1, 0.15) is 43.6 Å². The van der Waals surface area contributed by atoms with E-state index in [4.69, 9.17) is 9.47 Å². The fourth-order valence-corrected chi connectivity index (χ4v) is 6.58. The molecule has 0 N–H and O–H groups in total. The summed E-state index contributed by atoms with van der Waals surface area (Å²) in [6.07, 6.45) is 8.92. The second-order valence-electron chi connectivity index (χ2n) is 9.28. The summed E-state index contributed by atoms with van der Waals surface area (Å²) in [5, 5.41) is 0. The van der Waals surface area contributed by atoms with Gasteiger partial charge in [0, 0.05) is 12.3 Å². The number of ether oxygens (including phenoxy) is 2. The molecule has 1 unspecified atom stereocenters. The number of fused-ring (bicyclic) bond motifs is 1. The van der Waals surface area contributed by atoms with Crippen molar-refractivity contribution < 1.29 is 9.47 Å². The van der Waals surface area contributed by atoms with Crippen LogP contribution in [-0.2, 0) is 6.54 Å². The van der Waals surface area contributed by atoms with E-state index in [-0.39, 0.29) is 11.7 Å². The van der Waals surface area contributed by atoms with Crippen LogP contribution in [0.2, 0.25) is 0 Å². The van der Waals surface area contributed by atoms with Gasteiger partial charge >= 0.3 is 0 Å². The predicted octanol–water partition coefficient (Wildman–Crippen LogP) is 3.62. The van der Waals surface area contributed by atoms with Gasteiger partial charge in [-0.15, -0.1) is 0 Å². The maximum absolute atomic E-state index is 11.3. The Morgan fingerprint density at radius 1 is 1.00 bits per heavy atom. The van der Waals surface area contributed by atoms with E-state index in [9.17, 15) is 4.79 Å². The van der Waals surface area contributed by atoms with Gasteiger partial charge in [-0.05, 0) is 79.4 Å². The zero-order valence-corrected chi connectivity index (χ0v) is 16.0. The molecule has 5 heteroatoms. The lowest BCUT2D eigenvalue weighted by atomic mass is 9.51. The van der Waals surface area contributed by atoms with Gasteiger partial charge in [-0.3, -0.25) is 9.36 Å². The summed E-state index contributed by atoms with van der Waals surface area (Å²) >= 11 is 0. The highest BCUT2D eigenvalue weighted by Crippen LogP contribution is 2.59. The van der Waals surface area contributed by atoms with Crippen LogP contribution in [0, 0.1) is 23.7 Å². The molecule has 4 aliphatic carbocycles. The average Bonchev–Trinajstić information content (AvgIpc) is 3.08. The topological polar surface area (TPSA) is 53.4 Å². The van der Waals surface area contributed by atoms with Crippen LogP contribution in [0.5, 0.6) is 11.8 Å². The van der Waals surface area contributed by atoms with E-state index >= 15 is 0 Å². The van der Waals surface area contributed by atoms with Crippen molar-refractivity contribution in [3.05, 3.63) is 52.4 Å². The smallest absolute Gasteiger partial charge is 0.300 e. The van der Waals surface area contributed by atoms with Gasteiger partial charge in [-0.1, -0.05) is 12.1 Å². The van der Waals surface area contributed by atoms with Gasteiger partial charge < -0.3 is 9.47 Å². The van der Waals surface area contributed by atoms with Crippen LogP contribution in [-0.4, -0.2) is 22.3 Å². The molecule has 0 amide bonds. The van der Waals surface area contributed by atoms with Crippen LogP contribution in [0.4, 0.5) is 0 Å². The number of rotatable bonds is 4. The Balaban J connectivity index is 1.10. The summed E-state index contributed by atoms with van der Waals surface area (Å²) in [4.78, 5) is 15.2. The van der Waals surface area contributed by atoms with Crippen molar-refractivity contribution in [3.63, 3.8) is 0 Å². The summed E-state index contributed by atoms with van der Waals surface area (Å²) in [5.41, 5.74) is 1.24. The normalized spacial score (nSPS) is 34.9. The molecule has 1 aromatic heterocycles. The third-order valence-corrected chi connectivity index (χ3v) is 7.45. The molecule has 7 rings (SSSR count). The second kappa shape index (κ2) is 6.36. The molecule has 0 spiro atoms. The Morgan fingerprint density at radius 3 is 2.43 bits per heavy atom. The van der Waals surface area contributed by atoms with Crippen LogP contribution in [0.3, 0.4) is 0 Å². The highest BCUT2D eigenvalue weighted by Gasteiger charge is 2.48. The molecular formula is C23H26N2O3. The van der Waals surface area contributed by atoms with Crippen molar-refractivity contribution in [1.29, 1.82) is 0 Å². The Bertz CT molecular complexity index is 908.